The Kier molecular flexibility index (Phi) is 3.92. The summed E-state index contributed by atoms with van der Waals surface area (Å²) in [5.41, 5.74) is 8.59. The summed E-state index contributed by atoms with van der Waals surface area (Å²) < 4.78 is 0. The largest absolute Gasteiger partial charge is 0.369 e. The van der Waals surface area contributed by atoms with Crippen LogP contribution in [0.3, 0.4) is 0 Å². The van der Waals surface area contributed by atoms with E-state index in [0.717, 1.165) is 16.7 Å². The van der Waals surface area contributed by atoms with Crippen LogP contribution in [0, 0.1) is 6.92 Å². The lowest BCUT2D eigenvalue weighted by molar-refractivity contribution is -0.129. The number of aromatic nitrogens is 3. The Morgan fingerprint density at radius 3 is 2.52 bits per heavy atom. The highest BCUT2D eigenvalue weighted by atomic mass is 16.2. The minimum Gasteiger partial charge on any atom is -0.369 e. The molecule has 1 aliphatic rings. The van der Waals surface area contributed by atoms with Crippen LogP contribution in [0.5, 0.6) is 0 Å². The third-order valence-electron chi connectivity index (χ3n) is 4.77. The molecule has 3 heterocycles. The van der Waals surface area contributed by atoms with E-state index in [0.29, 0.717) is 11.3 Å². The predicted molar refractivity (Wildman–Crippen MR) is 102 cm³/mol. The highest BCUT2D eigenvalue weighted by molar-refractivity contribution is 6.08. The number of benzene rings is 1. The maximum atomic E-state index is 13.3. The Balaban J connectivity index is 1.97. The van der Waals surface area contributed by atoms with Gasteiger partial charge in [-0.05, 0) is 35.7 Å². The molecular weight excluding hydrogens is 340 g/mol. The topological polar surface area (TPSA) is 97.4 Å². The quantitative estimate of drug-likeness (QED) is 0.771. The molecule has 0 saturated carbocycles. The van der Waals surface area contributed by atoms with Crippen LogP contribution in [0.15, 0.2) is 66.3 Å². The molecule has 2 N–H and O–H groups in total. The van der Waals surface area contributed by atoms with Crippen LogP contribution in [-0.4, -0.2) is 38.8 Å². The van der Waals surface area contributed by atoms with Gasteiger partial charge in [0.05, 0.1) is 5.69 Å². The van der Waals surface area contributed by atoms with Gasteiger partial charge in [-0.25, -0.2) is 15.0 Å². The lowest BCUT2D eigenvalue weighted by atomic mass is 9.83. The molecule has 0 saturated heterocycles. The van der Waals surface area contributed by atoms with Crippen molar-refractivity contribution in [2.24, 2.45) is 10.7 Å². The molecule has 0 radical (unpaired) electrons. The summed E-state index contributed by atoms with van der Waals surface area (Å²) in [6.45, 7) is 1.91. The van der Waals surface area contributed by atoms with Gasteiger partial charge in [0.2, 0.25) is 5.54 Å². The van der Waals surface area contributed by atoms with Crippen molar-refractivity contribution in [3.63, 3.8) is 0 Å². The average molecular weight is 358 g/mol. The van der Waals surface area contributed by atoms with Crippen LogP contribution in [0.2, 0.25) is 0 Å². The summed E-state index contributed by atoms with van der Waals surface area (Å²) in [4.78, 5) is 31.9. The van der Waals surface area contributed by atoms with E-state index in [2.05, 4.69) is 19.9 Å². The molecule has 0 bridgehead atoms. The number of nitrogens with zero attached hydrogens (tertiary/aromatic N) is 5. The fraction of sp³-hybridized carbons (Fsp3) is 0.150. The van der Waals surface area contributed by atoms with E-state index >= 15 is 0 Å². The number of amides is 1. The summed E-state index contributed by atoms with van der Waals surface area (Å²) in [5, 5.41) is 0. The van der Waals surface area contributed by atoms with Gasteiger partial charge in [0.1, 0.15) is 6.33 Å². The molecule has 0 spiro atoms. The molecular formula is C20H18N6O. The minimum absolute atomic E-state index is 0.165. The zero-order chi connectivity index (χ0) is 19.0. The lowest BCUT2D eigenvalue weighted by Crippen LogP contribution is -2.42. The number of guanidine groups is 1. The summed E-state index contributed by atoms with van der Waals surface area (Å²) in [5.74, 6) is -0.0678. The fourth-order valence-electron chi connectivity index (χ4n) is 3.36. The van der Waals surface area contributed by atoms with Crippen LogP contribution in [-0.2, 0) is 10.3 Å². The molecule has 7 heteroatoms. The number of hydrogen-bond donors (Lipinski definition) is 1. The molecule has 1 atom stereocenters. The molecule has 0 fully saturated rings. The maximum Gasteiger partial charge on any atom is 0.267 e. The number of nitrogens with two attached hydrogens (primary N) is 1. The minimum atomic E-state index is -1.31. The van der Waals surface area contributed by atoms with Gasteiger partial charge in [-0.3, -0.25) is 14.7 Å². The van der Waals surface area contributed by atoms with Crippen molar-refractivity contribution in [2.75, 3.05) is 7.05 Å². The van der Waals surface area contributed by atoms with Crippen molar-refractivity contribution in [3.05, 3.63) is 78.1 Å². The molecule has 1 aromatic carbocycles. The summed E-state index contributed by atoms with van der Waals surface area (Å²) >= 11 is 0. The number of hydrogen-bond acceptors (Lipinski definition) is 6. The van der Waals surface area contributed by atoms with Crippen molar-refractivity contribution in [2.45, 2.75) is 12.5 Å². The summed E-state index contributed by atoms with van der Waals surface area (Å²) in [6, 6.07) is 11.4. The second-order valence-electron chi connectivity index (χ2n) is 6.42. The number of likely N-dealkylation sites (N-methyl/N-ethyl adjacent to an activating group) is 1. The Hall–Kier alpha value is -3.61. The average Bonchev–Trinajstić information content (AvgIpc) is 2.94. The zero-order valence-electron chi connectivity index (χ0n) is 15.0. The van der Waals surface area contributed by atoms with Crippen LogP contribution >= 0.6 is 0 Å². The molecule has 7 nitrogen and oxygen atoms in total. The van der Waals surface area contributed by atoms with E-state index in [9.17, 15) is 4.79 Å². The third kappa shape index (κ3) is 2.55. The molecule has 1 aliphatic heterocycles. The van der Waals surface area contributed by atoms with E-state index < -0.39 is 5.54 Å². The van der Waals surface area contributed by atoms with Gasteiger partial charge in [0.15, 0.2) is 5.96 Å². The SMILES string of the molecule is Cc1cccnc1C1(c2cccc(-c3cncnc3)c2)N=C(N)N(C)C1=O. The van der Waals surface area contributed by atoms with Gasteiger partial charge in [-0.1, -0.05) is 24.3 Å². The van der Waals surface area contributed by atoms with Crippen molar-refractivity contribution in [1.82, 2.24) is 19.9 Å². The zero-order valence-corrected chi connectivity index (χ0v) is 15.0. The standard InChI is InChI=1S/C20H18N6O/c1-13-5-4-8-24-17(13)20(18(27)26(2)19(21)25-20)16-7-3-6-14(9-16)15-10-22-12-23-11-15/h3-12H,1-2H3,(H2,21,25). The van der Waals surface area contributed by atoms with Gasteiger partial charge >= 0.3 is 0 Å². The van der Waals surface area contributed by atoms with E-state index in [-0.39, 0.29) is 11.9 Å². The van der Waals surface area contributed by atoms with Gasteiger partial charge in [0.25, 0.3) is 5.91 Å². The van der Waals surface area contributed by atoms with E-state index in [4.69, 9.17) is 5.73 Å². The van der Waals surface area contributed by atoms with Crippen molar-refractivity contribution in [3.8, 4) is 11.1 Å². The highest BCUT2D eigenvalue weighted by Gasteiger charge is 2.51. The van der Waals surface area contributed by atoms with Crippen molar-refractivity contribution >= 4 is 11.9 Å². The Bertz CT molecular complexity index is 1050. The van der Waals surface area contributed by atoms with Crippen molar-refractivity contribution < 1.29 is 4.79 Å². The lowest BCUT2D eigenvalue weighted by Gasteiger charge is -2.26. The van der Waals surface area contributed by atoms with E-state index in [1.807, 2.05) is 43.3 Å². The second kappa shape index (κ2) is 6.28. The molecule has 3 aromatic rings. The maximum absolute atomic E-state index is 13.3. The first-order valence-electron chi connectivity index (χ1n) is 8.45. The monoisotopic (exact) mass is 358 g/mol. The smallest absolute Gasteiger partial charge is 0.267 e. The van der Waals surface area contributed by atoms with E-state index in [1.54, 1.807) is 25.6 Å². The van der Waals surface area contributed by atoms with Gasteiger partial charge in [-0.15, -0.1) is 0 Å². The summed E-state index contributed by atoms with van der Waals surface area (Å²) in [6.07, 6.45) is 6.60. The first kappa shape index (κ1) is 16.8. The Morgan fingerprint density at radius 1 is 1.07 bits per heavy atom. The number of carbonyl (C=O) groups excluding carboxylic acids is 1. The number of pyridine rings is 1. The van der Waals surface area contributed by atoms with Crippen LogP contribution in [0.1, 0.15) is 16.8 Å². The Morgan fingerprint density at radius 2 is 1.85 bits per heavy atom. The third-order valence-corrected chi connectivity index (χ3v) is 4.77. The van der Waals surface area contributed by atoms with Gasteiger partial charge in [-0.2, -0.15) is 0 Å². The normalized spacial score (nSPS) is 19.3. The highest BCUT2D eigenvalue weighted by Crippen LogP contribution is 2.40. The van der Waals surface area contributed by atoms with Gasteiger partial charge in [0, 0.05) is 31.2 Å². The summed E-state index contributed by atoms with van der Waals surface area (Å²) in [7, 11) is 1.62. The molecule has 134 valence electrons. The fourth-order valence-corrected chi connectivity index (χ4v) is 3.36. The van der Waals surface area contributed by atoms with Crippen molar-refractivity contribution in [1.29, 1.82) is 0 Å². The number of rotatable bonds is 3. The second-order valence-corrected chi connectivity index (χ2v) is 6.42. The van der Waals surface area contributed by atoms with Crippen LogP contribution in [0.4, 0.5) is 0 Å². The number of aliphatic imine (C=N–C) groups is 1. The predicted octanol–water partition coefficient (Wildman–Crippen LogP) is 1.88. The van der Waals surface area contributed by atoms with Crippen LogP contribution in [0.25, 0.3) is 11.1 Å². The van der Waals surface area contributed by atoms with Gasteiger partial charge < -0.3 is 5.73 Å². The Labute approximate surface area is 156 Å². The number of aryl methyl sites for hydroxylation is 1. The number of carbonyl (C=O) groups is 1. The van der Waals surface area contributed by atoms with E-state index in [1.165, 1.54) is 11.2 Å². The first-order chi connectivity index (χ1) is 13.0. The molecule has 27 heavy (non-hydrogen) atoms. The molecule has 0 aliphatic carbocycles. The molecule has 2 aromatic heterocycles. The molecule has 4 rings (SSSR count). The molecule has 1 unspecified atom stereocenters. The first-order valence-corrected chi connectivity index (χ1v) is 8.45. The van der Waals surface area contributed by atoms with Crippen LogP contribution < -0.4 is 5.73 Å². The molecule has 1 amide bonds.